The minimum atomic E-state index is 0.410. The molecule has 0 aromatic rings. The van der Waals surface area contributed by atoms with E-state index in [1.54, 1.807) is 7.11 Å². The van der Waals surface area contributed by atoms with Gasteiger partial charge in [0.05, 0.1) is 6.10 Å². The number of aldehydes is 1. The fraction of sp³-hybridized carbons (Fsp3) is 0.962. The van der Waals surface area contributed by atoms with E-state index >= 15 is 0 Å². The van der Waals surface area contributed by atoms with E-state index < -0.39 is 0 Å². The third kappa shape index (κ3) is 3.73. The molecule has 9 atom stereocenters. The van der Waals surface area contributed by atoms with Crippen molar-refractivity contribution < 1.29 is 14.3 Å². The smallest absolute Gasteiger partial charge is 0.146 e. The van der Waals surface area contributed by atoms with Crippen molar-refractivity contribution in [2.45, 2.75) is 97.5 Å². The molecule has 3 nitrogen and oxygen atoms in total. The topological polar surface area (TPSA) is 35.5 Å². The Balaban J connectivity index is 1.46. The summed E-state index contributed by atoms with van der Waals surface area (Å²) in [5, 5.41) is 0. The molecule has 0 aromatic heterocycles. The zero-order valence-electron chi connectivity index (χ0n) is 19.3. The van der Waals surface area contributed by atoms with E-state index in [0.29, 0.717) is 29.6 Å². The molecule has 4 rings (SSSR count). The lowest BCUT2D eigenvalue weighted by atomic mass is 9.44. The first kappa shape index (κ1) is 21.8. The summed E-state index contributed by atoms with van der Waals surface area (Å²) in [5.41, 5.74) is 1.05. The van der Waals surface area contributed by atoms with Crippen molar-refractivity contribution >= 4 is 6.29 Å². The van der Waals surface area contributed by atoms with Crippen LogP contribution in [0.2, 0.25) is 0 Å². The maximum atomic E-state index is 10.9. The summed E-state index contributed by atoms with van der Waals surface area (Å²) in [6.07, 6.45) is 15.7. The number of carbonyl (C=O) groups excluding carboxylic acids is 1. The van der Waals surface area contributed by atoms with Gasteiger partial charge in [0.2, 0.25) is 0 Å². The maximum absolute atomic E-state index is 10.9. The molecule has 0 spiro atoms. The van der Waals surface area contributed by atoms with Gasteiger partial charge >= 0.3 is 0 Å². The highest BCUT2D eigenvalue weighted by molar-refractivity contribution is 5.49. The Morgan fingerprint density at radius 3 is 2.52 bits per heavy atom. The van der Waals surface area contributed by atoms with Gasteiger partial charge in [-0.2, -0.15) is 0 Å². The number of fused-ring (bicyclic) bond motifs is 5. The molecule has 0 aliphatic heterocycles. The van der Waals surface area contributed by atoms with Crippen molar-refractivity contribution in [2.75, 3.05) is 13.9 Å². The Labute approximate surface area is 178 Å². The first-order valence-electron chi connectivity index (χ1n) is 12.5. The van der Waals surface area contributed by atoms with Crippen molar-refractivity contribution in [3.05, 3.63) is 0 Å². The van der Waals surface area contributed by atoms with Crippen LogP contribution in [0.15, 0.2) is 0 Å². The van der Waals surface area contributed by atoms with Crippen LogP contribution in [0.5, 0.6) is 0 Å². The lowest BCUT2D eigenvalue weighted by Crippen LogP contribution is -2.54. The Kier molecular flexibility index (Phi) is 6.48. The van der Waals surface area contributed by atoms with E-state index in [9.17, 15) is 4.79 Å². The fourth-order valence-corrected chi connectivity index (χ4v) is 9.04. The van der Waals surface area contributed by atoms with Gasteiger partial charge in [-0.25, -0.2) is 0 Å². The minimum Gasteiger partial charge on any atom is -0.359 e. The predicted molar refractivity (Wildman–Crippen MR) is 116 cm³/mol. The summed E-state index contributed by atoms with van der Waals surface area (Å²) in [6.45, 7) is 8.15. The molecule has 3 heteroatoms. The second-order valence-corrected chi connectivity index (χ2v) is 11.6. The summed E-state index contributed by atoms with van der Waals surface area (Å²) < 4.78 is 11.1. The number of carbonyl (C=O) groups is 1. The van der Waals surface area contributed by atoms with Crippen LogP contribution in [-0.4, -0.2) is 26.3 Å². The molecule has 4 saturated carbocycles. The Hall–Kier alpha value is -0.410. The first-order valence-corrected chi connectivity index (χ1v) is 12.5. The highest BCUT2D eigenvalue weighted by Gasteiger charge is 2.60. The molecule has 0 bridgehead atoms. The Bertz CT molecular complexity index is 576. The molecule has 0 aromatic carbocycles. The lowest BCUT2D eigenvalue weighted by Gasteiger charge is -2.61. The quantitative estimate of drug-likeness (QED) is 0.372. The van der Waals surface area contributed by atoms with Gasteiger partial charge in [0, 0.05) is 13.5 Å². The normalized spacial score (nSPS) is 47.7. The van der Waals surface area contributed by atoms with Gasteiger partial charge in [-0.05, 0) is 111 Å². The van der Waals surface area contributed by atoms with Gasteiger partial charge in [0.15, 0.2) is 0 Å². The Morgan fingerprint density at radius 2 is 1.76 bits per heavy atom. The molecule has 0 heterocycles. The molecule has 0 unspecified atom stereocenters. The van der Waals surface area contributed by atoms with Crippen molar-refractivity contribution in [2.24, 2.45) is 46.3 Å². The van der Waals surface area contributed by atoms with Gasteiger partial charge in [-0.3, -0.25) is 0 Å². The first-order chi connectivity index (χ1) is 13.9. The second-order valence-electron chi connectivity index (χ2n) is 11.6. The number of hydrogen-bond donors (Lipinski definition) is 0. The number of methoxy groups -OCH3 is 1. The fourth-order valence-electron chi connectivity index (χ4n) is 9.04. The van der Waals surface area contributed by atoms with E-state index in [4.69, 9.17) is 9.47 Å². The monoisotopic (exact) mass is 404 g/mol. The summed E-state index contributed by atoms with van der Waals surface area (Å²) >= 11 is 0. The molecule has 4 aliphatic rings. The highest BCUT2D eigenvalue weighted by Crippen LogP contribution is 2.68. The molecule has 0 amide bonds. The third-order valence-corrected chi connectivity index (χ3v) is 10.5. The van der Waals surface area contributed by atoms with Gasteiger partial charge < -0.3 is 14.3 Å². The van der Waals surface area contributed by atoms with Crippen LogP contribution in [-0.2, 0) is 14.3 Å². The molecular formula is C26H44O3. The van der Waals surface area contributed by atoms with Crippen LogP contribution in [0.25, 0.3) is 0 Å². The zero-order chi connectivity index (χ0) is 20.6. The SMILES string of the molecule is COCO[C@@H]1CC[C@@]2(C)[C@H](CC[C@@H]3[C@@H]2CC[C@]2(C)[C@@H]([C@H](C)CCC=O)CC[C@@H]32)C1. The third-order valence-electron chi connectivity index (χ3n) is 10.5. The van der Waals surface area contributed by atoms with Crippen LogP contribution < -0.4 is 0 Å². The van der Waals surface area contributed by atoms with Crippen molar-refractivity contribution in [3.63, 3.8) is 0 Å². The molecule has 166 valence electrons. The summed E-state index contributed by atoms with van der Waals surface area (Å²) in [5.74, 6) is 5.16. The molecule has 4 fully saturated rings. The second kappa shape index (κ2) is 8.61. The van der Waals surface area contributed by atoms with Gasteiger partial charge in [-0.1, -0.05) is 20.8 Å². The minimum absolute atomic E-state index is 0.410. The molecule has 0 radical (unpaired) electrons. The summed E-state index contributed by atoms with van der Waals surface area (Å²) in [4.78, 5) is 10.9. The van der Waals surface area contributed by atoms with E-state index in [2.05, 4.69) is 20.8 Å². The van der Waals surface area contributed by atoms with Gasteiger partial charge in [0.1, 0.15) is 13.1 Å². The van der Waals surface area contributed by atoms with Crippen molar-refractivity contribution in [1.29, 1.82) is 0 Å². The van der Waals surface area contributed by atoms with E-state index in [1.165, 1.54) is 57.8 Å². The zero-order valence-corrected chi connectivity index (χ0v) is 19.3. The summed E-state index contributed by atoms with van der Waals surface area (Å²) in [7, 11) is 1.73. The Morgan fingerprint density at radius 1 is 1.00 bits per heavy atom. The lowest BCUT2D eigenvalue weighted by molar-refractivity contribution is -0.153. The highest BCUT2D eigenvalue weighted by atomic mass is 16.7. The predicted octanol–water partition coefficient (Wildman–Crippen LogP) is 6.25. The van der Waals surface area contributed by atoms with Gasteiger partial charge in [-0.15, -0.1) is 0 Å². The average molecular weight is 405 g/mol. The molecule has 4 aliphatic carbocycles. The summed E-state index contributed by atoms with van der Waals surface area (Å²) in [6, 6.07) is 0. The van der Waals surface area contributed by atoms with Crippen molar-refractivity contribution in [1.82, 2.24) is 0 Å². The van der Waals surface area contributed by atoms with Gasteiger partial charge in [0.25, 0.3) is 0 Å². The van der Waals surface area contributed by atoms with Crippen LogP contribution >= 0.6 is 0 Å². The number of rotatable bonds is 7. The standard InChI is InChI=1S/C26H44O3/c1-18(6-5-15-27)22-9-10-23-21-8-7-19-16-20(29-17-28-4)11-13-25(19,2)24(21)12-14-26(22,23)3/h15,18-24H,5-14,16-17H2,1-4H3/t18-,19-,20-,21+,22-,23+,24+,25+,26-/m1/s1. The molecule has 0 N–H and O–H groups in total. The van der Waals surface area contributed by atoms with E-state index in [0.717, 1.165) is 48.7 Å². The average Bonchev–Trinajstić information content (AvgIpc) is 3.07. The molecule has 29 heavy (non-hydrogen) atoms. The number of ether oxygens (including phenoxy) is 2. The molecule has 0 saturated heterocycles. The van der Waals surface area contributed by atoms with Crippen molar-refractivity contribution in [3.8, 4) is 0 Å². The van der Waals surface area contributed by atoms with Crippen LogP contribution in [0.3, 0.4) is 0 Å². The maximum Gasteiger partial charge on any atom is 0.146 e. The van der Waals surface area contributed by atoms with E-state index in [1.807, 2.05) is 0 Å². The number of hydrogen-bond acceptors (Lipinski definition) is 3. The van der Waals surface area contributed by atoms with Crippen LogP contribution in [0.4, 0.5) is 0 Å². The van der Waals surface area contributed by atoms with Crippen LogP contribution in [0.1, 0.15) is 91.4 Å². The molecular weight excluding hydrogens is 360 g/mol. The largest absolute Gasteiger partial charge is 0.359 e. The van der Waals surface area contributed by atoms with E-state index in [-0.39, 0.29) is 0 Å². The van der Waals surface area contributed by atoms with Crippen LogP contribution in [0, 0.1) is 46.3 Å².